The number of aliphatic imine (C=N–C) groups is 2. The molecule has 1 aromatic heterocycles. The smallest absolute Gasteiger partial charge is 0.223 e. The van der Waals surface area contributed by atoms with E-state index in [0.717, 1.165) is 56.7 Å². The van der Waals surface area contributed by atoms with Gasteiger partial charge in [0.1, 0.15) is 11.5 Å². The molecule has 1 aliphatic carbocycles. The van der Waals surface area contributed by atoms with Crippen LogP contribution in [0, 0.1) is 5.92 Å². The van der Waals surface area contributed by atoms with Crippen LogP contribution in [-0.4, -0.2) is 57.7 Å². The van der Waals surface area contributed by atoms with Gasteiger partial charge in [-0.2, -0.15) is 8.75 Å². The third-order valence-electron chi connectivity index (χ3n) is 5.63. The number of aromatic nitrogens is 2. The summed E-state index contributed by atoms with van der Waals surface area (Å²) in [6, 6.07) is 0.226. The molecule has 9 heteroatoms. The predicted octanol–water partition coefficient (Wildman–Crippen LogP) is 2.99. The molecule has 4 rings (SSSR count). The average Bonchev–Trinajstić information content (AvgIpc) is 3.21. The summed E-state index contributed by atoms with van der Waals surface area (Å²) in [5.74, 6) is 0.657. The summed E-state index contributed by atoms with van der Waals surface area (Å²) >= 11 is 1.21. The van der Waals surface area contributed by atoms with Gasteiger partial charge in [-0.15, -0.1) is 0 Å². The van der Waals surface area contributed by atoms with Crippen molar-refractivity contribution < 1.29 is 9.18 Å². The van der Waals surface area contributed by atoms with Crippen LogP contribution in [-0.2, 0) is 4.79 Å². The molecule has 0 radical (unpaired) electrons. The number of hydrogen-bond donors (Lipinski definition) is 1. The Labute approximate surface area is 168 Å². The second-order valence-electron chi connectivity index (χ2n) is 7.41. The highest BCUT2D eigenvalue weighted by Crippen LogP contribution is 2.35. The normalized spacial score (nSPS) is 24.8. The van der Waals surface area contributed by atoms with Crippen LogP contribution in [0.15, 0.2) is 21.9 Å². The number of hydrogen-bond acceptors (Lipinski definition) is 7. The Balaban J connectivity index is 1.21. The van der Waals surface area contributed by atoms with Gasteiger partial charge in [0.05, 0.1) is 30.0 Å². The van der Waals surface area contributed by atoms with Gasteiger partial charge in [0.15, 0.2) is 5.82 Å². The third kappa shape index (κ3) is 4.35. The fourth-order valence-corrected chi connectivity index (χ4v) is 4.59. The zero-order valence-corrected chi connectivity index (χ0v) is 16.6. The minimum absolute atomic E-state index is 0.0282. The molecule has 1 aromatic rings. The molecule has 1 atom stereocenters. The Hall–Kier alpha value is -2.00. The van der Waals surface area contributed by atoms with Crippen molar-refractivity contribution >= 4 is 35.4 Å². The first kappa shape index (κ1) is 19.3. The Kier molecular flexibility index (Phi) is 6.21. The van der Waals surface area contributed by atoms with Gasteiger partial charge in [-0.3, -0.25) is 14.7 Å². The van der Waals surface area contributed by atoms with Gasteiger partial charge in [-0.1, -0.05) is 0 Å². The number of piperidine rings is 1. The van der Waals surface area contributed by atoms with Crippen LogP contribution in [0.3, 0.4) is 0 Å². The van der Waals surface area contributed by atoms with E-state index in [4.69, 9.17) is 0 Å². The summed E-state index contributed by atoms with van der Waals surface area (Å²) in [5, 5.41) is 2.96. The molecule has 1 N–H and O–H groups in total. The van der Waals surface area contributed by atoms with Crippen molar-refractivity contribution in [2.24, 2.45) is 15.9 Å². The molecule has 3 aliphatic rings. The summed E-state index contributed by atoms with van der Waals surface area (Å²) in [5.41, 5.74) is 1.51. The fourth-order valence-electron chi connectivity index (χ4n) is 4.04. The van der Waals surface area contributed by atoms with Crippen LogP contribution in [0.5, 0.6) is 0 Å². The minimum atomic E-state index is -0.198. The number of allylic oxidation sites excluding steroid dienone is 2. The van der Waals surface area contributed by atoms with Crippen molar-refractivity contribution in [2.75, 3.05) is 26.2 Å². The van der Waals surface area contributed by atoms with Crippen LogP contribution < -0.4 is 5.32 Å². The van der Waals surface area contributed by atoms with Gasteiger partial charge in [0.25, 0.3) is 0 Å². The Morgan fingerprint density at radius 2 is 2.21 bits per heavy atom. The van der Waals surface area contributed by atoms with Crippen molar-refractivity contribution in [1.29, 1.82) is 0 Å². The van der Waals surface area contributed by atoms with Crippen LogP contribution in [0.4, 0.5) is 10.2 Å². The minimum Gasteiger partial charge on any atom is -0.354 e. The molecule has 1 saturated heterocycles. The van der Waals surface area contributed by atoms with Crippen molar-refractivity contribution in [2.45, 2.75) is 44.6 Å². The second kappa shape index (κ2) is 9.00. The number of nitrogens with one attached hydrogen (secondary N) is 1. The summed E-state index contributed by atoms with van der Waals surface area (Å²) in [7, 11) is 0. The summed E-state index contributed by atoms with van der Waals surface area (Å²) in [6.45, 7) is 2.63. The quantitative estimate of drug-likeness (QED) is 0.765. The second-order valence-corrected chi connectivity index (χ2v) is 7.94. The highest BCUT2D eigenvalue weighted by molar-refractivity contribution is 6.99. The van der Waals surface area contributed by atoms with Crippen LogP contribution in [0.1, 0.15) is 50.3 Å². The topological polar surface area (TPSA) is 82.8 Å². The predicted molar refractivity (Wildman–Crippen MR) is 108 cm³/mol. The molecule has 0 spiro atoms. The molecule has 1 amide bonds. The Bertz CT molecular complexity index is 796. The van der Waals surface area contributed by atoms with Crippen molar-refractivity contribution in [3.63, 3.8) is 0 Å². The lowest BCUT2D eigenvalue weighted by Crippen LogP contribution is -2.42. The third-order valence-corrected chi connectivity index (χ3v) is 6.16. The zero-order valence-electron chi connectivity index (χ0n) is 15.8. The fraction of sp³-hybridized carbons (Fsp3) is 0.632. The molecule has 7 nitrogen and oxygen atoms in total. The van der Waals surface area contributed by atoms with Gasteiger partial charge in [0, 0.05) is 25.1 Å². The molecule has 2 aliphatic heterocycles. The maximum atomic E-state index is 13.6. The highest BCUT2D eigenvalue weighted by Gasteiger charge is 2.32. The maximum Gasteiger partial charge on any atom is 0.223 e. The van der Waals surface area contributed by atoms with Crippen molar-refractivity contribution in [3.05, 3.63) is 17.6 Å². The molecule has 28 heavy (non-hydrogen) atoms. The highest BCUT2D eigenvalue weighted by atomic mass is 32.1. The van der Waals surface area contributed by atoms with E-state index in [0.29, 0.717) is 25.2 Å². The van der Waals surface area contributed by atoms with Gasteiger partial charge in [0.2, 0.25) is 5.91 Å². The Morgan fingerprint density at radius 3 is 3.04 bits per heavy atom. The molecule has 0 saturated carbocycles. The van der Waals surface area contributed by atoms with Gasteiger partial charge in [-0.05, 0) is 51.3 Å². The van der Waals surface area contributed by atoms with E-state index >= 15 is 0 Å². The summed E-state index contributed by atoms with van der Waals surface area (Å²) < 4.78 is 22.3. The van der Waals surface area contributed by atoms with E-state index in [9.17, 15) is 9.18 Å². The van der Waals surface area contributed by atoms with Crippen LogP contribution in [0.2, 0.25) is 0 Å². The lowest BCUT2D eigenvalue weighted by atomic mass is 9.93. The summed E-state index contributed by atoms with van der Waals surface area (Å²) in [6.07, 6.45) is 8.45. The van der Waals surface area contributed by atoms with E-state index in [1.807, 2.05) is 6.21 Å². The number of fused-ring (bicyclic) bond motifs is 1. The molecule has 150 valence electrons. The Morgan fingerprint density at radius 1 is 1.36 bits per heavy atom. The maximum absolute atomic E-state index is 13.6. The lowest BCUT2D eigenvalue weighted by Gasteiger charge is -2.36. The lowest BCUT2D eigenvalue weighted by molar-refractivity contribution is -0.126. The van der Waals surface area contributed by atoms with Gasteiger partial charge < -0.3 is 5.32 Å². The van der Waals surface area contributed by atoms with Gasteiger partial charge in [-0.25, -0.2) is 9.38 Å². The van der Waals surface area contributed by atoms with Crippen molar-refractivity contribution in [1.82, 2.24) is 19.0 Å². The van der Waals surface area contributed by atoms with Gasteiger partial charge >= 0.3 is 0 Å². The standard InChI is InChI=1S/C19H25FN6OS/c20-14-3-1-2-4-15(14)21-9-10-23-19(27)13-6-11-26(12-7-13)16-5-8-22-18-17(16)24-28-25-18/h3,8,13,16H,1-2,4-7,9-12H2,(H,23,27). The SMILES string of the molecule is O=C(NCCN=C1CCCC=C1F)C1CCN(C2CC=Nc3nsnc32)CC1. The average molecular weight is 405 g/mol. The molecule has 0 aromatic carbocycles. The molecule has 3 heterocycles. The van der Waals surface area contributed by atoms with Crippen LogP contribution >= 0.6 is 11.7 Å². The monoisotopic (exact) mass is 404 g/mol. The van der Waals surface area contributed by atoms with E-state index in [1.165, 1.54) is 11.7 Å². The molecule has 1 unspecified atom stereocenters. The first-order chi connectivity index (χ1) is 13.7. The molecule has 0 bridgehead atoms. The summed E-state index contributed by atoms with van der Waals surface area (Å²) in [4.78, 5) is 23.4. The number of halogens is 1. The van der Waals surface area contributed by atoms with E-state index in [2.05, 4.69) is 28.9 Å². The van der Waals surface area contributed by atoms with Crippen LogP contribution in [0.25, 0.3) is 0 Å². The number of likely N-dealkylation sites (tertiary alicyclic amines) is 1. The molecular formula is C19H25FN6OS. The first-order valence-corrected chi connectivity index (χ1v) is 10.7. The van der Waals surface area contributed by atoms with E-state index in [-0.39, 0.29) is 23.7 Å². The number of carbonyl (C=O) groups excluding carboxylic acids is 1. The largest absolute Gasteiger partial charge is 0.354 e. The number of carbonyl (C=O) groups is 1. The zero-order chi connectivity index (χ0) is 19.3. The first-order valence-electron chi connectivity index (χ1n) is 9.98. The number of nitrogens with zero attached hydrogens (tertiary/aromatic N) is 5. The number of rotatable bonds is 5. The van der Waals surface area contributed by atoms with Crippen molar-refractivity contribution in [3.8, 4) is 0 Å². The van der Waals surface area contributed by atoms with E-state index < -0.39 is 0 Å². The van der Waals surface area contributed by atoms with E-state index in [1.54, 1.807) is 6.08 Å². The number of amides is 1. The molecule has 1 fully saturated rings. The molecular weight excluding hydrogens is 379 g/mol.